The molecule has 0 atom stereocenters. The Balaban J connectivity index is 2.40. The van der Waals surface area contributed by atoms with E-state index in [9.17, 15) is 28.1 Å². The van der Waals surface area contributed by atoms with E-state index in [1.54, 1.807) is 0 Å². The smallest absolute Gasteiger partial charge is 0.437 e. The minimum Gasteiger partial charge on any atom is -0.475 e. The first-order chi connectivity index (χ1) is 10.7. The Morgan fingerprint density at radius 3 is 2.52 bits per heavy atom. The molecule has 23 heavy (non-hydrogen) atoms. The molecule has 0 aliphatic carbocycles. The number of hydrogen-bond donors (Lipinski definition) is 3. The van der Waals surface area contributed by atoms with E-state index in [4.69, 9.17) is 0 Å². The van der Waals surface area contributed by atoms with Gasteiger partial charge in [0.15, 0.2) is 5.69 Å². The van der Waals surface area contributed by atoms with E-state index >= 15 is 0 Å². The molecule has 0 radical (unpaired) electrons. The molecular formula is C10H9F3N6O4. The normalized spacial score (nSPS) is 11.3. The first-order valence-electron chi connectivity index (χ1n) is 5.87. The van der Waals surface area contributed by atoms with Gasteiger partial charge in [-0.2, -0.15) is 18.3 Å². The van der Waals surface area contributed by atoms with Gasteiger partial charge in [0.05, 0.1) is 23.4 Å². The number of carbonyl (C=O) groups is 1. The molecule has 124 valence electrons. The van der Waals surface area contributed by atoms with Gasteiger partial charge in [-0.05, 0) is 6.92 Å². The van der Waals surface area contributed by atoms with Crippen molar-refractivity contribution < 1.29 is 27.6 Å². The summed E-state index contributed by atoms with van der Waals surface area (Å²) in [6.45, 7) is 1.25. The SMILES string of the molecule is COc1n[nH]c(C(=O)Nc2c(C(F)(F)F)n[nH]c2C)c1[N+](=O)[O-]. The van der Waals surface area contributed by atoms with Crippen LogP contribution in [-0.4, -0.2) is 38.3 Å². The predicted molar refractivity (Wildman–Crippen MR) is 68.1 cm³/mol. The Kier molecular flexibility index (Phi) is 3.95. The Bertz CT molecular complexity index is 765. The first-order valence-corrected chi connectivity index (χ1v) is 5.87. The molecule has 0 saturated carbocycles. The van der Waals surface area contributed by atoms with Crippen molar-refractivity contribution in [3.05, 3.63) is 27.2 Å². The number of aromatic amines is 2. The summed E-state index contributed by atoms with van der Waals surface area (Å²) < 4.78 is 43.0. The van der Waals surface area contributed by atoms with Crippen molar-refractivity contribution in [2.24, 2.45) is 0 Å². The van der Waals surface area contributed by atoms with Crippen molar-refractivity contribution in [3.63, 3.8) is 0 Å². The van der Waals surface area contributed by atoms with Crippen molar-refractivity contribution in [3.8, 4) is 5.88 Å². The maximum atomic E-state index is 12.8. The molecule has 0 saturated heterocycles. The lowest BCUT2D eigenvalue weighted by Crippen LogP contribution is -2.18. The third-order valence-electron chi connectivity index (χ3n) is 2.77. The summed E-state index contributed by atoms with van der Waals surface area (Å²) in [5, 5.41) is 23.5. The molecule has 0 fully saturated rings. The second kappa shape index (κ2) is 5.58. The monoisotopic (exact) mass is 334 g/mol. The largest absolute Gasteiger partial charge is 0.475 e. The third kappa shape index (κ3) is 2.93. The summed E-state index contributed by atoms with van der Waals surface area (Å²) in [4.78, 5) is 22.1. The fraction of sp³-hybridized carbons (Fsp3) is 0.300. The Hall–Kier alpha value is -3.12. The number of anilines is 1. The second-order valence-electron chi connectivity index (χ2n) is 4.24. The van der Waals surface area contributed by atoms with Crippen LogP contribution in [-0.2, 0) is 6.18 Å². The minimum absolute atomic E-state index is 0.0696. The lowest BCUT2D eigenvalue weighted by molar-refractivity contribution is -0.386. The summed E-state index contributed by atoms with van der Waals surface area (Å²) in [5.74, 6) is -1.66. The maximum Gasteiger partial charge on any atom is 0.437 e. The van der Waals surface area contributed by atoms with Gasteiger partial charge in [-0.1, -0.05) is 0 Å². The van der Waals surface area contributed by atoms with Gasteiger partial charge in [0, 0.05) is 0 Å². The van der Waals surface area contributed by atoms with Gasteiger partial charge < -0.3 is 10.1 Å². The maximum absolute atomic E-state index is 12.8. The summed E-state index contributed by atoms with van der Waals surface area (Å²) in [7, 11) is 1.09. The molecule has 2 rings (SSSR count). The van der Waals surface area contributed by atoms with E-state index in [-0.39, 0.29) is 5.69 Å². The van der Waals surface area contributed by atoms with Crippen molar-refractivity contribution in [2.45, 2.75) is 13.1 Å². The number of H-pyrrole nitrogens is 2. The zero-order chi connectivity index (χ0) is 17.4. The van der Waals surface area contributed by atoms with Gasteiger partial charge >= 0.3 is 17.7 Å². The van der Waals surface area contributed by atoms with Gasteiger partial charge in [-0.15, -0.1) is 5.10 Å². The van der Waals surface area contributed by atoms with Crippen LogP contribution in [0.5, 0.6) is 5.88 Å². The van der Waals surface area contributed by atoms with E-state index in [0.717, 1.165) is 7.11 Å². The second-order valence-corrected chi connectivity index (χ2v) is 4.24. The molecule has 13 heteroatoms. The van der Waals surface area contributed by atoms with Crippen LogP contribution in [0.4, 0.5) is 24.5 Å². The van der Waals surface area contributed by atoms with Crippen LogP contribution in [0.15, 0.2) is 0 Å². The fourth-order valence-corrected chi connectivity index (χ4v) is 1.75. The number of nitrogens with one attached hydrogen (secondary N) is 3. The number of methoxy groups -OCH3 is 1. The topological polar surface area (TPSA) is 139 Å². The number of amides is 1. The van der Waals surface area contributed by atoms with Gasteiger partial charge in [0.1, 0.15) is 0 Å². The Labute approximate surface area is 125 Å². The molecule has 2 aromatic heterocycles. The molecule has 0 bridgehead atoms. The number of hydrogen-bond acceptors (Lipinski definition) is 6. The zero-order valence-corrected chi connectivity index (χ0v) is 11.6. The summed E-state index contributed by atoms with van der Waals surface area (Å²) in [6, 6.07) is 0. The van der Waals surface area contributed by atoms with Crippen LogP contribution in [0.1, 0.15) is 21.9 Å². The van der Waals surface area contributed by atoms with Gasteiger partial charge in [0.25, 0.3) is 5.91 Å². The molecule has 2 aromatic rings. The average Bonchev–Trinajstić information content (AvgIpc) is 3.02. The van der Waals surface area contributed by atoms with E-state index < -0.39 is 45.6 Å². The van der Waals surface area contributed by atoms with Gasteiger partial charge in [0.2, 0.25) is 5.69 Å². The fourth-order valence-electron chi connectivity index (χ4n) is 1.75. The lowest BCUT2D eigenvalue weighted by atomic mass is 10.2. The highest BCUT2D eigenvalue weighted by molar-refractivity contribution is 6.06. The molecular weight excluding hydrogens is 325 g/mol. The highest BCUT2D eigenvalue weighted by Gasteiger charge is 2.39. The number of nitro groups is 1. The summed E-state index contributed by atoms with van der Waals surface area (Å²) in [5.41, 5.74) is -3.50. The number of rotatable bonds is 4. The molecule has 0 spiro atoms. The van der Waals surface area contributed by atoms with Crippen LogP contribution in [0.25, 0.3) is 0 Å². The Morgan fingerprint density at radius 1 is 1.35 bits per heavy atom. The van der Waals surface area contributed by atoms with Crippen molar-refractivity contribution in [2.75, 3.05) is 12.4 Å². The lowest BCUT2D eigenvalue weighted by Gasteiger charge is -2.07. The van der Waals surface area contributed by atoms with Crippen LogP contribution in [0.3, 0.4) is 0 Å². The number of aryl methyl sites for hydroxylation is 1. The molecule has 0 aliphatic rings. The van der Waals surface area contributed by atoms with Crippen LogP contribution < -0.4 is 10.1 Å². The van der Waals surface area contributed by atoms with E-state index in [0.29, 0.717) is 0 Å². The van der Waals surface area contributed by atoms with Crippen LogP contribution in [0, 0.1) is 17.0 Å². The number of carbonyl (C=O) groups excluding carboxylic acids is 1. The van der Waals surface area contributed by atoms with Crippen molar-refractivity contribution in [1.82, 2.24) is 20.4 Å². The summed E-state index contributed by atoms with van der Waals surface area (Å²) in [6.07, 6.45) is -4.81. The Morgan fingerprint density at radius 2 is 2.00 bits per heavy atom. The quantitative estimate of drug-likeness (QED) is 0.573. The number of aromatic nitrogens is 4. The third-order valence-corrected chi connectivity index (χ3v) is 2.77. The summed E-state index contributed by atoms with van der Waals surface area (Å²) >= 11 is 0. The van der Waals surface area contributed by atoms with Crippen LogP contribution in [0.2, 0.25) is 0 Å². The molecule has 0 unspecified atom stereocenters. The van der Waals surface area contributed by atoms with Gasteiger partial charge in [-0.3, -0.25) is 25.1 Å². The standard InChI is InChI=1S/C10H9F3N6O4/c1-3-4(7(17-15-3)10(11,12)13)14-8(20)5-6(19(21)22)9(23-2)18-16-5/h1-2H3,(H,14,20)(H,15,17)(H,16,18). The molecule has 2 heterocycles. The van der Waals surface area contributed by atoms with E-state index in [1.807, 2.05) is 5.32 Å². The molecule has 10 nitrogen and oxygen atoms in total. The van der Waals surface area contributed by atoms with Crippen LogP contribution >= 0.6 is 0 Å². The molecule has 0 aliphatic heterocycles. The van der Waals surface area contributed by atoms with Crippen molar-refractivity contribution >= 4 is 17.3 Å². The van der Waals surface area contributed by atoms with Crippen molar-refractivity contribution in [1.29, 1.82) is 0 Å². The number of alkyl halides is 3. The number of halogens is 3. The predicted octanol–water partition coefficient (Wildman–Crippen LogP) is 1.63. The number of nitrogens with zero attached hydrogens (tertiary/aromatic N) is 3. The zero-order valence-electron chi connectivity index (χ0n) is 11.6. The highest BCUT2D eigenvalue weighted by Crippen LogP contribution is 2.35. The molecule has 3 N–H and O–H groups in total. The number of ether oxygens (including phenoxy) is 1. The van der Waals surface area contributed by atoms with E-state index in [2.05, 4.69) is 25.1 Å². The molecule has 1 amide bonds. The highest BCUT2D eigenvalue weighted by atomic mass is 19.4. The average molecular weight is 334 g/mol. The minimum atomic E-state index is -4.81. The first kappa shape index (κ1) is 16.3. The van der Waals surface area contributed by atoms with Gasteiger partial charge in [-0.25, -0.2) is 0 Å². The molecule has 0 aromatic carbocycles. The van der Waals surface area contributed by atoms with E-state index in [1.165, 1.54) is 6.92 Å².